The maximum absolute atomic E-state index is 11.4. The van der Waals surface area contributed by atoms with E-state index in [1.54, 1.807) is 34.9 Å². The largest absolute Gasteiger partial charge is 0.368 e. The molecule has 22 heavy (non-hydrogen) atoms. The van der Waals surface area contributed by atoms with E-state index in [9.17, 15) is 4.79 Å². The Balaban J connectivity index is 2.30. The molecule has 0 fully saturated rings. The minimum atomic E-state index is -0.513. The first kappa shape index (κ1) is 15.1. The molecule has 0 aliphatic heterocycles. The van der Waals surface area contributed by atoms with Crippen LogP contribution >= 0.6 is 34.8 Å². The lowest BCUT2D eigenvalue weighted by Gasteiger charge is -2.07. The number of carbonyl (C=O) groups is 1. The molecule has 2 heterocycles. The molecular formula is C14H9Cl3N4O. The number of amides is 1. The van der Waals surface area contributed by atoms with Crippen LogP contribution in [-0.2, 0) is 11.3 Å². The minimum absolute atomic E-state index is 0.0719. The van der Waals surface area contributed by atoms with Gasteiger partial charge in [0.1, 0.15) is 23.0 Å². The zero-order valence-electron chi connectivity index (χ0n) is 11.1. The Hall–Kier alpha value is -1.82. The Kier molecular flexibility index (Phi) is 3.95. The maximum atomic E-state index is 11.4. The number of carbonyl (C=O) groups excluding carboxylic acids is 1. The van der Waals surface area contributed by atoms with Crippen molar-refractivity contribution >= 4 is 51.7 Å². The highest BCUT2D eigenvalue weighted by Gasteiger charge is 2.18. The molecule has 0 unspecified atom stereocenters. The van der Waals surface area contributed by atoms with E-state index in [-0.39, 0.29) is 16.9 Å². The van der Waals surface area contributed by atoms with Crippen LogP contribution in [0.15, 0.2) is 30.3 Å². The number of hydrogen-bond donors (Lipinski definition) is 1. The Morgan fingerprint density at radius 1 is 1.14 bits per heavy atom. The Bertz CT molecular complexity index is 874. The van der Waals surface area contributed by atoms with Gasteiger partial charge in [-0.3, -0.25) is 4.79 Å². The Morgan fingerprint density at radius 2 is 1.82 bits per heavy atom. The number of aromatic nitrogens is 3. The first-order valence-corrected chi connectivity index (χ1v) is 7.35. The van der Waals surface area contributed by atoms with Crippen LogP contribution in [0.1, 0.15) is 0 Å². The second kappa shape index (κ2) is 5.76. The third kappa shape index (κ3) is 2.75. The summed E-state index contributed by atoms with van der Waals surface area (Å²) >= 11 is 17.9. The predicted molar refractivity (Wildman–Crippen MR) is 87.2 cm³/mol. The van der Waals surface area contributed by atoms with E-state index in [1.807, 2.05) is 0 Å². The highest BCUT2D eigenvalue weighted by atomic mass is 35.5. The molecule has 3 aromatic rings. The SMILES string of the molecule is NC(=O)Cn1c(-c2ccc(Cl)cc2)nc2cc(Cl)nc(Cl)c21. The summed E-state index contributed by atoms with van der Waals surface area (Å²) in [4.78, 5) is 19.9. The van der Waals surface area contributed by atoms with Crippen molar-refractivity contribution in [3.05, 3.63) is 45.7 Å². The molecule has 2 N–H and O–H groups in total. The number of halogens is 3. The van der Waals surface area contributed by atoms with Gasteiger partial charge in [0.2, 0.25) is 5.91 Å². The van der Waals surface area contributed by atoms with E-state index in [0.29, 0.717) is 21.9 Å². The number of primary amides is 1. The monoisotopic (exact) mass is 354 g/mol. The first-order valence-electron chi connectivity index (χ1n) is 6.22. The van der Waals surface area contributed by atoms with Gasteiger partial charge in [-0.1, -0.05) is 34.8 Å². The number of nitrogens with two attached hydrogens (primary N) is 1. The molecule has 1 aromatic carbocycles. The number of pyridine rings is 1. The number of nitrogens with zero attached hydrogens (tertiary/aromatic N) is 3. The van der Waals surface area contributed by atoms with Gasteiger partial charge in [-0.15, -0.1) is 0 Å². The van der Waals surface area contributed by atoms with Crippen molar-refractivity contribution in [1.29, 1.82) is 0 Å². The van der Waals surface area contributed by atoms with E-state index >= 15 is 0 Å². The quantitative estimate of drug-likeness (QED) is 0.730. The zero-order chi connectivity index (χ0) is 15.9. The molecule has 2 aromatic heterocycles. The summed E-state index contributed by atoms with van der Waals surface area (Å²) in [6.07, 6.45) is 0. The zero-order valence-corrected chi connectivity index (χ0v) is 13.3. The molecular weight excluding hydrogens is 347 g/mol. The molecule has 0 spiro atoms. The van der Waals surface area contributed by atoms with Crippen LogP contribution in [0.2, 0.25) is 15.3 Å². The lowest BCUT2D eigenvalue weighted by Crippen LogP contribution is -2.19. The van der Waals surface area contributed by atoms with Crippen molar-refractivity contribution in [2.45, 2.75) is 6.54 Å². The molecule has 0 aliphatic carbocycles. The average Bonchev–Trinajstić information content (AvgIpc) is 2.77. The lowest BCUT2D eigenvalue weighted by atomic mass is 10.2. The van der Waals surface area contributed by atoms with Crippen LogP contribution in [0.3, 0.4) is 0 Å². The summed E-state index contributed by atoms with van der Waals surface area (Å²) in [5.41, 5.74) is 7.15. The lowest BCUT2D eigenvalue weighted by molar-refractivity contribution is -0.118. The van der Waals surface area contributed by atoms with Crippen LogP contribution in [0.5, 0.6) is 0 Å². The molecule has 0 aliphatic rings. The highest BCUT2D eigenvalue weighted by Crippen LogP contribution is 2.30. The van der Waals surface area contributed by atoms with Crippen molar-refractivity contribution in [3.63, 3.8) is 0 Å². The van der Waals surface area contributed by atoms with Crippen LogP contribution in [0.4, 0.5) is 0 Å². The van der Waals surface area contributed by atoms with Gasteiger partial charge in [0, 0.05) is 16.7 Å². The van der Waals surface area contributed by atoms with E-state index in [2.05, 4.69) is 9.97 Å². The average molecular weight is 356 g/mol. The summed E-state index contributed by atoms with van der Waals surface area (Å²) in [6, 6.07) is 8.64. The summed E-state index contributed by atoms with van der Waals surface area (Å²) < 4.78 is 1.62. The van der Waals surface area contributed by atoms with E-state index in [0.717, 1.165) is 5.56 Å². The predicted octanol–water partition coefficient (Wildman–Crippen LogP) is 3.54. The van der Waals surface area contributed by atoms with E-state index in [4.69, 9.17) is 40.5 Å². The summed E-state index contributed by atoms with van der Waals surface area (Å²) in [6.45, 7) is -0.0719. The smallest absolute Gasteiger partial charge is 0.237 e. The fourth-order valence-electron chi connectivity index (χ4n) is 2.21. The first-order chi connectivity index (χ1) is 10.5. The normalized spacial score (nSPS) is 11.0. The van der Waals surface area contributed by atoms with Crippen LogP contribution < -0.4 is 5.73 Å². The van der Waals surface area contributed by atoms with Gasteiger partial charge in [0.05, 0.1) is 5.52 Å². The van der Waals surface area contributed by atoms with Crippen molar-refractivity contribution in [1.82, 2.24) is 14.5 Å². The fourth-order valence-corrected chi connectivity index (χ4v) is 2.86. The van der Waals surface area contributed by atoms with Crippen LogP contribution in [0.25, 0.3) is 22.4 Å². The van der Waals surface area contributed by atoms with Gasteiger partial charge in [0.25, 0.3) is 0 Å². The number of benzene rings is 1. The highest BCUT2D eigenvalue weighted by molar-refractivity contribution is 6.36. The van der Waals surface area contributed by atoms with Gasteiger partial charge in [0.15, 0.2) is 5.15 Å². The molecule has 112 valence electrons. The van der Waals surface area contributed by atoms with Gasteiger partial charge in [-0.25, -0.2) is 9.97 Å². The molecule has 0 bridgehead atoms. The standard InChI is InChI=1S/C14H9Cl3N4O/c15-8-3-1-7(2-4-8)14-19-9-5-10(16)20-13(17)12(9)21(14)6-11(18)22/h1-5H,6H2,(H2,18,22). The third-order valence-corrected chi connectivity index (χ3v) is 3.78. The molecule has 0 saturated carbocycles. The van der Waals surface area contributed by atoms with Crippen LogP contribution in [-0.4, -0.2) is 20.4 Å². The van der Waals surface area contributed by atoms with Crippen molar-refractivity contribution < 1.29 is 4.79 Å². The molecule has 1 amide bonds. The van der Waals surface area contributed by atoms with Gasteiger partial charge >= 0.3 is 0 Å². The van der Waals surface area contributed by atoms with Crippen molar-refractivity contribution in [3.8, 4) is 11.4 Å². The topological polar surface area (TPSA) is 73.8 Å². The minimum Gasteiger partial charge on any atom is -0.368 e. The van der Waals surface area contributed by atoms with Gasteiger partial charge < -0.3 is 10.3 Å². The third-order valence-electron chi connectivity index (χ3n) is 3.07. The molecule has 5 nitrogen and oxygen atoms in total. The second-order valence-corrected chi connectivity index (χ2v) is 5.78. The number of rotatable bonds is 3. The molecule has 0 atom stereocenters. The number of hydrogen-bond acceptors (Lipinski definition) is 3. The Morgan fingerprint density at radius 3 is 2.45 bits per heavy atom. The van der Waals surface area contributed by atoms with Crippen molar-refractivity contribution in [2.24, 2.45) is 5.73 Å². The second-order valence-electron chi connectivity index (χ2n) is 4.60. The summed E-state index contributed by atoms with van der Waals surface area (Å²) in [5.74, 6) is 0.0250. The van der Waals surface area contributed by atoms with E-state index in [1.165, 1.54) is 0 Å². The summed E-state index contributed by atoms with van der Waals surface area (Å²) in [5, 5.41) is 0.990. The van der Waals surface area contributed by atoms with Crippen molar-refractivity contribution in [2.75, 3.05) is 0 Å². The number of imidazole rings is 1. The van der Waals surface area contributed by atoms with Crippen LogP contribution in [0, 0.1) is 0 Å². The van der Waals surface area contributed by atoms with Gasteiger partial charge in [-0.2, -0.15) is 0 Å². The Labute approximate surface area is 140 Å². The summed E-state index contributed by atoms with van der Waals surface area (Å²) in [7, 11) is 0. The fraction of sp³-hybridized carbons (Fsp3) is 0.0714. The molecule has 3 rings (SSSR count). The van der Waals surface area contributed by atoms with Gasteiger partial charge in [-0.05, 0) is 24.3 Å². The molecule has 8 heteroatoms. The van der Waals surface area contributed by atoms with E-state index < -0.39 is 5.91 Å². The maximum Gasteiger partial charge on any atom is 0.237 e. The molecule has 0 saturated heterocycles. The number of fused-ring (bicyclic) bond motifs is 1. The molecule has 0 radical (unpaired) electrons.